The number of aromatic nitrogens is 3. The molecule has 1 amide bonds. The Labute approximate surface area is 202 Å². The van der Waals surface area contributed by atoms with Crippen molar-refractivity contribution >= 4 is 40.8 Å². The molecule has 33 heavy (non-hydrogen) atoms. The van der Waals surface area contributed by atoms with Crippen LogP contribution in [-0.2, 0) is 11.3 Å². The molecule has 4 rings (SSSR count). The van der Waals surface area contributed by atoms with Gasteiger partial charge in [0.25, 0.3) is 0 Å². The second kappa shape index (κ2) is 11.2. The van der Waals surface area contributed by atoms with Gasteiger partial charge in [-0.15, -0.1) is 0 Å². The van der Waals surface area contributed by atoms with Crippen LogP contribution in [0.15, 0.2) is 59.9 Å². The molecule has 0 aliphatic carbocycles. The molecule has 2 aromatic heterocycles. The Kier molecular flexibility index (Phi) is 7.85. The van der Waals surface area contributed by atoms with Crippen LogP contribution in [0, 0.1) is 0 Å². The molecule has 0 spiro atoms. The summed E-state index contributed by atoms with van der Waals surface area (Å²) in [5.41, 5.74) is 1.98. The van der Waals surface area contributed by atoms with Crippen molar-refractivity contribution in [1.29, 1.82) is 0 Å². The van der Waals surface area contributed by atoms with Gasteiger partial charge >= 0.3 is 0 Å². The van der Waals surface area contributed by atoms with Gasteiger partial charge in [0.2, 0.25) is 5.91 Å². The molecule has 0 radical (unpaired) electrons. The van der Waals surface area contributed by atoms with E-state index in [0.29, 0.717) is 16.9 Å². The molecule has 3 heterocycles. The zero-order chi connectivity index (χ0) is 23.0. The number of ether oxygens (including phenoxy) is 1. The molecule has 3 aromatic rings. The number of thioether (sulfide) groups is 1. The zero-order valence-electron chi connectivity index (χ0n) is 18.3. The van der Waals surface area contributed by atoms with Crippen LogP contribution in [0.2, 0.25) is 5.15 Å². The van der Waals surface area contributed by atoms with E-state index in [1.165, 1.54) is 17.4 Å². The maximum Gasteiger partial charge on any atom is 0.230 e. The summed E-state index contributed by atoms with van der Waals surface area (Å²) >= 11 is 7.53. The number of benzene rings is 1. The monoisotopic (exact) mass is 484 g/mol. The Balaban J connectivity index is 1.30. The lowest BCUT2D eigenvalue weighted by molar-refractivity contribution is -0.118. The third-order valence-corrected chi connectivity index (χ3v) is 6.27. The SMILES string of the molecule is COc1ccc(N2CCN(c3cc(Cl)nc(SCC(=O)NCc4ccccn4)n3)CC2)cc1. The molecule has 1 N–H and O–H groups in total. The lowest BCUT2D eigenvalue weighted by Gasteiger charge is -2.36. The van der Waals surface area contributed by atoms with Crippen molar-refractivity contribution in [3.8, 4) is 5.75 Å². The Morgan fingerprint density at radius 2 is 1.85 bits per heavy atom. The van der Waals surface area contributed by atoms with Gasteiger partial charge < -0.3 is 19.9 Å². The van der Waals surface area contributed by atoms with E-state index in [2.05, 4.69) is 42.2 Å². The van der Waals surface area contributed by atoms with Crippen LogP contribution in [0.3, 0.4) is 0 Å². The molecule has 8 nitrogen and oxygen atoms in total. The number of nitrogens with zero attached hydrogens (tertiary/aromatic N) is 5. The van der Waals surface area contributed by atoms with Gasteiger partial charge in [-0.25, -0.2) is 9.97 Å². The van der Waals surface area contributed by atoms with Crippen LogP contribution < -0.4 is 19.9 Å². The predicted octanol–water partition coefficient (Wildman–Crippen LogP) is 3.27. The second-order valence-corrected chi connectivity index (χ2v) is 8.72. The number of anilines is 2. The number of methoxy groups -OCH3 is 1. The number of pyridine rings is 1. The number of nitrogens with one attached hydrogen (secondary N) is 1. The number of piperazine rings is 1. The molecule has 1 fully saturated rings. The fourth-order valence-electron chi connectivity index (χ4n) is 3.47. The van der Waals surface area contributed by atoms with Crippen molar-refractivity contribution in [3.63, 3.8) is 0 Å². The normalized spacial score (nSPS) is 13.6. The average molecular weight is 485 g/mol. The smallest absolute Gasteiger partial charge is 0.230 e. The maximum atomic E-state index is 12.2. The molecular formula is C23H25ClN6O2S. The van der Waals surface area contributed by atoms with E-state index in [-0.39, 0.29) is 11.7 Å². The maximum absolute atomic E-state index is 12.2. The second-order valence-electron chi connectivity index (χ2n) is 7.39. The quantitative estimate of drug-likeness (QED) is 0.296. The van der Waals surface area contributed by atoms with Gasteiger partial charge in [-0.1, -0.05) is 29.4 Å². The number of halogens is 1. The summed E-state index contributed by atoms with van der Waals surface area (Å²) in [5.74, 6) is 1.73. The third kappa shape index (κ3) is 6.49. The molecule has 10 heteroatoms. The summed E-state index contributed by atoms with van der Waals surface area (Å²) in [5, 5.41) is 3.71. The van der Waals surface area contributed by atoms with E-state index in [4.69, 9.17) is 16.3 Å². The average Bonchev–Trinajstić information content (AvgIpc) is 2.87. The first kappa shape index (κ1) is 23.1. The van der Waals surface area contributed by atoms with Gasteiger partial charge in [-0.3, -0.25) is 9.78 Å². The first-order valence-corrected chi connectivity index (χ1v) is 11.9. The lowest BCUT2D eigenvalue weighted by atomic mass is 10.2. The fourth-order valence-corrected chi connectivity index (χ4v) is 4.38. The number of rotatable bonds is 8. The number of carbonyl (C=O) groups excluding carboxylic acids is 1. The molecule has 0 saturated carbocycles. The van der Waals surface area contributed by atoms with Crippen molar-refractivity contribution < 1.29 is 9.53 Å². The number of hydrogen-bond donors (Lipinski definition) is 1. The van der Waals surface area contributed by atoms with Crippen molar-refractivity contribution in [2.75, 3.05) is 48.8 Å². The summed E-state index contributed by atoms with van der Waals surface area (Å²) < 4.78 is 5.24. The van der Waals surface area contributed by atoms with Gasteiger partial charge in [0.1, 0.15) is 16.7 Å². The minimum absolute atomic E-state index is 0.108. The van der Waals surface area contributed by atoms with Gasteiger partial charge in [-0.2, -0.15) is 0 Å². The van der Waals surface area contributed by atoms with Gasteiger partial charge in [0.15, 0.2) is 5.16 Å². The Bertz CT molecular complexity index is 1060. The van der Waals surface area contributed by atoms with Crippen LogP contribution in [0.5, 0.6) is 5.75 Å². The van der Waals surface area contributed by atoms with E-state index < -0.39 is 0 Å². The van der Waals surface area contributed by atoms with E-state index >= 15 is 0 Å². The first-order valence-electron chi connectivity index (χ1n) is 10.6. The molecule has 1 aliphatic heterocycles. The molecule has 1 aromatic carbocycles. The fraction of sp³-hybridized carbons (Fsp3) is 0.304. The largest absolute Gasteiger partial charge is 0.497 e. The van der Waals surface area contributed by atoms with Crippen molar-refractivity contribution in [2.45, 2.75) is 11.7 Å². The van der Waals surface area contributed by atoms with E-state index in [9.17, 15) is 4.79 Å². The highest BCUT2D eigenvalue weighted by Crippen LogP contribution is 2.25. The van der Waals surface area contributed by atoms with Gasteiger partial charge in [0, 0.05) is 44.1 Å². The molecule has 172 valence electrons. The molecule has 0 unspecified atom stereocenters. The van der Waals surface area contributed by atoms with Gasteiger partial charge in [0.05, 0.1) is 25.1 Å². The summed E-state index contributed by atoms with van der Waals surface area (Å²) in [6.45, 7) is 3.75. The van der Waals surface area contributed by atoms with E-state index in [1.807, 2.05) is 30.3 Å². The third-order valence-electron chi connectivity index (χ3n) is 5.23. The van der Waals surface area contributed by atoms with Crippen molar-refractivity contribution in [1.82, 2.24) is 20.3 Å². The Morgan fingerprint density at radius 3 is 2.55 bits per heavy atom. The highest BCUT2D eigenvalue weighted by atomic mass is 35.5. The molecule has 1 aliphatic rings. The zero-order valence-corrected chi connectivity index (χ0v) is 19.8. The summed E-state index contributed by atoms with van der Waals surface area (Å²) in [6.07, 6.45) is 1.70. The van der Waals surface area contributed by atoms with Crippen LogP contribution in [0.1, 0.15) is 5.69 Å². The van der Waals surface area contributed by atoms with Crippen molar-refractivity contribution in [2.24, 2.45) is 0 Å². The molecular weight excluding hydrogens is 460 g/mol. The topological polar surface area (TPSA) is 83.5 Å². The number of carbonyl (C=O) groups is 1. The van der Waals surface area contributed by atoms with Crippen LogP contribution in [-0.4, -0.2) is 59.9 Å². The van der Waals surface area contributed by atoms with Gasteiger partial charge in [-0.05, 0) is 36.4 Å². The summed E-state index contributed by atoms with van der Waals surface area (Å²) in [6, 6.07) is 15.5. The van der Waals surface area contributed by atoms with E-state index in [1.54, 1.807) is 19.4 Å². The minimum atomic E-state index is -0.108. The Hall–Kier alpha value is -3.04. The lowest BCUT2D eigenvalue weighted by Crippen LogP contribution is -2.46. The predicted molar refractivity (Wildman–Crippen MR) is 131 cm³/mol. The van der Waals surface area contributed by atoms with Crippen LogP contribution >= 0.6 is 23.4 Å². The molecule has 0 atom stereocenters. The highest BCUT2D eigenvalue weighted by molar-refractivity contribution is 7.99. The minimum Gasteiger partial charge on any atom is -0.497 e. The van der Waals surface area contributed by atoms with Crippen LogP contribution in [0.4, 0.5) is 11.5 Å². The summed E-state index contributed by atoms with van der Waals surface area (Å²) in [7, 11) is 1.67. The first-order chi connectivity index (χ1) is 16.1. The highest BCUT2D eigenvalue weighted by Gasteiger charge is 2.20. The number of hydrogen-bond acceptors (Lipinski definition) is 8. The number of amides is 1. The van der Waals surface area contributed by atoms with Crippen molar-refractivity contribution in [3.05, 3.63) is 65.6 Å². The van der Waals surface area contributed by atoms with E-state index in [0.717, 1.165) is 43.4 Å². The summed E-state index contributed by atoms with van der Waals surface area (Å²) in [4.78, 5) is 29.8. The standard InChI is InChI=1S/C23H25ClN6O2S/c1-32-19-7-5-18(6-8-19)29-10-12-30(13-11-29)21-14-20(24)27-23(28-21)33-16-22(31)26-15-17-4-2-3-9-25-17/h2-9,14H,10-13,15-16H2,1H3,(H,26,31). The van der Waals surface area contributed by atoms with Crippen LogP contribution in [0.25, 0.3) is 0 Å². The Morgan fingerprint density at radius 1 is 1.09 bits per heavy atom. The molecule has 1 saturated heterocycles. The molecule has 0 bridgehead atoms.